The molecular weight excluding hydrogens is 317 g/mol. The molecule has 0 aliphatic rings. The van der Waals surface area contributed by atoms with Crippen molar-refractivity contribution in [2.24, 2.45) is 0 Å². The molecule has 0 unspecified atom stereocenters. The molecule has 0 fully saturated rings. The van der Waals surface area contributed by atoms with E-state index in [0.717, 1.165) is 22.4 Å². The third-order valence-electron chi connectivity index (χ3n) is 4.23. The molecule has 3 rings (SSSR count). The highest BCUT2D eigenvalue weighted by Crippen LogP contribution is 2.29. The lowest BCUT2D eigenvalue weighted by molar-refractivity contribution is 0.289. The van der Waals surface area contributed by atoms with Crippen LogP contribution in [0, 0.1) is 19.7 Å². The van der Waals surface area contributed by atoms with E-state index in [4.69, 9.17) is 4.74 Å². The van der Waals surface area contributed by atoms with Crippen LogP contribution in [0.3, 0.4) is 0 Å². The molecule has 0 amide bonds. The van der Waals surface area contributed by atoms with E-state index >= 15 is 0 Å². The molecule has 1 heterocycles. The normalized spacial score (nSPS) is 10.7. The van der Waals surface area contributed by atoms with Crippen LogP contribution >= 0.6 is 0 Å². The highest BCUT2D eigenvalue weighted by Gasteiger charge is 2.15. The fourth-order valence-electron chi connectivity index (χ4n) is 2.77. The van der Waals surface area contributed by atoms with Crippen LogP contribution in [0.15, 0.2) is 54.7 Å². The summed E-state index contributed by atoms with van der Waals surface area (Å²) in [6.07, 6.45) is 1.90. The van der Waals surface area contributed by atoms with Gasteiger partial charge in [0.1, 0.15) is 12.4 Å². The van der Waals surface area contributed by atoms with E-state index in [1.165, 1.54) is 6.20 Å². The maximum Gasteiger partial charge on any atom is 0.168 e. The number of aryl methyl sites for hydroxylation is 1. The van der Waals surface area contributed by atoms with Crippen LogP contribution in [-0.2, 0) is 13.0 Å². The Morgan fingerprint density at radius 3 is 2.52 bits per heavy atom. The molecular formula is C21H20FNO2. The summed E-state index contributed by atoms with van der Waals surface area (Å²) in [6.45, 7) is 4.03. The highest BCUT2D eigenvalue weighted by molar-refractivity contribution is 5.44. The molecule has 3 aromatic rings. The summed E-state index contributed by atoms with van der Waals surface area (Å²) in [6, 6.07) is 14.8. The van der Waals surface area contributed by atoms with Crippen molar-refractivity contribution in [1.82, 2.24) is 4.98 Å². The number of hydrogen-bond donors (Lipinski definition) is 1. The quantitative estimate of drug-likeness (QED) is 0.733. The van der Waals surface area contributed by atoms with Crippen LogP contribution in [-0.4, -0.2) is 10.1 Å². The molecule has 0 aliphatic heterocycles. The average molecular weight is 337 g/mol. The van der Waals surface area contributed by atoms with Crippen LogP contribution in [0.4, 0.5) is 4.39 Å². The maximum absolute atomic E-state index is 14.7. The summed E-state index contributed by atoms with van der Waals surface area (Å²) >= 11 is 0. The van der Waals surface area contributed by atoms with E-state index < -0.39 is 0 Å². The van der Waals surface area contributed by atoms with Crippen molar-refractivity contribution in [3.05, 3.63) is 88.5 Å². The molecule has 4 heteroatoms. The van der Waals surface area contributed by atoms with Gasteiger partial charge in [0.05, 0.1) is 6.20 Å². The smallest absolute Gasteiger partial charge is 0.168 e. The van der Waals surface area contributed by atoms with Crippen molar-refractivity contribution in [3.63, 3.8) is 0 Å². The zero-order valence-electron chi connectivity index (χ0n) is 14.3. The fraction of sp³-hybridized carbons (Fsp3) is 0.190. The molecule has 0 saturated heterocycles. The zero-order valence-corrected chi connectivity index (χ0v) is 14.3. The Hall–Kier alpha value is -2.88. The largest absolute Gasteiger partial charge is 0.506 e. The molecule has 0 saturated carbocycles. The first-order valence-electron chi connectivity index (χ1n) is 8.14. The van der Waals surface area contributed by atoms with Crippen molar-refractivity contribution in [1.29, 1.82) is 0 Å². The molecule has 128 valence electrons. The van der Waals surface area contributed by atoms with E-state index in [1.54, 1.807) is 25.1 Å². The number of pyridine rings is 1. The van der Waals surface area contributed by atoms with Gasteiger partial charge in [-0.2, -0.15) is 0 Å². The summed E-state index contributed by atoms with van der Waals surface area (Å²) in [5, 5.41) is 9.33. The van der Waals surface area contributed by atoms with Crippen molar-refractivity contribution in [3.8, 4) is 11.5 Å². The molecule has 25 heavy (non-hydrogen) atoms. The predicted molar refractivity (Wildman–Crippen MR) is 95.4 cm³/mol. The molecule has 0 spiro atoms. The van der Waals surface area contributed by atoms with E-state index in [1.807, 2.05) is 37.3 Å². The predicted octanol–water partition coefficient (Wildman–Crippen LogP) is 4.71. The third-order valence-corrected chi connectivity index (χ3v) is 4.23. The standard InChI is InChI=1S/C21H20FNO2/c1-14-10-20(25-13-16-6-4-3-5-7-16)21(22)15(2)19(14)11-17-8-9-18(24)12-23-17/h3-10,12,24H,11,13H2,1-2H3. The van der Waals surface area contributed by atoms with Gasteiger partial charge in [-0.3, -0.25) is 4.98 Å². The number of benzene rings is 2. The van der Waals surface area contributed by atoms with E-state index in [-0.39, 0.29) is 17.3 Å². The van der Waals surface area contributed by atoms with Gasteiger partial charge in [-0.15, -0.1) is 0 Å². The number of ether oxygens (including phenoxy) is 1. The fourth-order valence-corrected chi connectivity index (χ4v) is 2.77. The Kier molecular flexibility index (Phi) is 4.98. The zero-order chi connectivity index (χ0) is 17.8. The second-order valence-corrected chi connectivity index (χ2v) is 6.07. The Bertz CT molecular complexity index is 861. The van der Waals surface area contributed by atoms with Gasteiger partial charge in [0.2, 0.25) is 0 Å². The van der Waals surface area contributed by atoms with Crippen LogP contribution in [0.5, 0.6) is 11.5 Å². The number of nitrogens with zero attached hydrogens (tertiary/aromatic N) is 1. The first-order chi connectivity index (χ1) is 12.0. The first kappa shape index (κ1) is 17.0. The molecule has 1 aromatic heterocycles. The Morgan fingerprint density at radius 1 is 1.08 bits per heavy atom. The number of halogens is 1. The Morgan fingerprint density at radius 2 is 1.84 bits per heavy atom. The minimum absolute atomic E-state index is 0.119. The molecule has 1 N–H and O–H groups in total. The number of aromatic hydroxyl groups is 1. The minimum Gasteiger partial charge on any atom is -0.506 e. The van der Waals surface area contributed by atoms with Crippen molar-refractivity contribution in [2.45, 2.75) is 26.9 Å². The minimum atomic E-state index is -0.338. The summed E-state index contributed by atoms with van der Waals surface area (Å²) in [5.41, 5.74) is 4.19. The second kappa shape index (κ2) is 7.34. The van der Waals surface area contributed by atoms with Crippen LogP contribution in [0.25, 0.3) is 0 Å². The lowest BCUT2D eigenvalue weighted by Gasteiger charge is -2.15. The van der Waals surface area contributed by atoms with E-state index in [2.05, 4.69) is 4.98 Å². The first-order valence-corrected chi connectivity index (χ1v) is 8.14. The molecule has 0 bridgehead atoms. The highest BCUT2D eigenvalue weighted by atomic mass is 19.1. The van der Waals surface area contributed by atoms with Gasteiger partial charge in [-0.25, -0.2) is 4.39 Å². The Balaban J connectivity index is 1.82. The van der Waals surface area contributed by atoms with Crippen molar-refractivity contribution < 1.29 is 14.2 Å². The van der Waals surface area contributed by atoms with Gasteiger partial charge < -0.3 is 9.84 Å². The van der Waals surface area contributed by atoms with Crippen LogP contribution < -0.4 is 4.74 Å². The van der Waals surface area contributed by atoms with Crippen LogP contribution in [0.2, 0.25) is 0 Å². The topological polar surface area (TPSA) is 42.4 Å². The third kappa shape index (κ3) is 3.97. The lowest BCUT2D eigenvalue weighted by atomic mass is 9.97. The maximum atomic E-state index is 14.7. The monoisotopic (exact) mass is 337 g/mol. The second-order valence-electron chi connectivity index (χ2n) is 6.07. The number of rotatable bonds is 5. The average Bonchev–Trinajstić information content (AvgIpc) is 2.63. The van der Waals surface area contributed by atoms with Gasteiger partial charge >= 0.3 is 0 Å². The molecule has 2 aromatic carbocycles. The van der Waals surface area contributed by atoms with Crippen molar-refractivity contribution >= 4 is 0 Å². The number of hydrogen-bond acceptors (Lipinski definition) is 3. The van der Waals surface area contributed by atoms with Gasteiger partial charge in [-0.05, 0) is 54.3 Å². The SMILES string of the molecule is Cc1cc(OCc2ccccc2)c(F)c(C)c1Cc1ccc(O)cn1. The van der Waals surface area contributed by atoms with Crippen LogP contribution in [0.1, 0.15) is 27.9 Å². The summed E-state index contributed by atoms with van der Waals surface area (Å²) in [7, 11) is 0. The summed E-state index contributed by atoms with van der Waals surface area (Å²) in [5.74, 6) is 0.0459. The molecule has 0 radical (unpaired) electrons. The van der Waals surface area contributed by atoms with E-state index in [9.17, 15) is 9.50 Å². The molecule has 0 aliphatic carbocycles. The molecule has 0 atom stereocenters. The summed E-state index contributed by atoms with van der Waals surface area (Å²) in [4.78, 5) is 4.18. The summed E-state index contributed by atoms with van der Waals surface area (Å²) < 4.78 is 20.4. The lowest BCUT2D eigenvalue weighted by Crippen LogP contribution is -2.04. The van der Waals surface area contributed by atoms with Gasteiger partial charge in [0.15, 0.2) is 11.6 Å². The molecule has 3 nitrogen and oxygen atoms in total. The van der Waals surface area contributed by atoms with Gasteiger partial charge in [-0.1, -0.05) is 30.3 Å². The Labute approximate surface area is 146 Å². The number of aromatic nitrogens is 1. The van der Waals surface area contributed by atoms with Gasteiger partial charge in [0.25, 0.3) is 0 Å². The van der Waals surface area contributed by atoms with Gasteiger partial charge in [0, 0.05) is 12.1 Å². The van der Waals surface area contributed by atoms with Crippen molar-refractivity contribution in [2.75, 3.05) is 0 Å². The van der Waals surface area contributed by atoms with E-state index in [0.29, 0.717) is 18.6 Å².